The molecule has 9 heteroatoms. The number of phenols is 1. The number of oxime groups is 1. The van der Waals surface area contributed by atoms with E-state index >= 15 is 0 Å². The molecule has 184 valence electrons. The maximum atomic E-state index is 11.5. The Morgan fingerprint density at radius 1 is 1.21 bits per heavy atom. The quantitative estimate of drug-likeness (QED) is 0.341. The molecule has 1 aromatic heterocycles. The molecule has 2 aliphatic rings. The minimum Gasteiger partial charge on any atom is -0.508 e. The van der Waals surface area contributed by atoms with Crippen molar-refractivity contribution in [3.8, 4) is 17.0 Å². The number of hydrogen-bond acceptors (Lipinski definition) is 9. The number of aromatic nitrogens is 2. The zero-order valence-electron chi connectivity index (χ0n) is 20.2. The first-order valence-corrected chi connectivity index (χ1v) is 11.8. The lowest BCUT2D eigenvalue weighted by Gasteiger charge is -2.34. The van der Waals surface area contributed by atoms with E-state index in [2.05, 4.69) is 15.1 Å². The Morgan fingerprint density at radius 3 is 2.59 bits per heavy atom. The molecule has 2 aromatic rings. The highest BCUT2D eigenvalue weighted by molar-refractivity contribution is 6.15. The van der Waals surface area contributed by atoms with Gasteiger partial charge >= 0.3 is 5.97 Å². The number of phenolic OH excluding ortho intramolecular Hbond substituents is 1. The summed E-state index contributed by atoms with van der Waals surface area (Å²) < 4.78 is 4.88. The second-order valence-corrected chi connectivity index (χ2v) is 9.06. The van der Waals surface area contributed by atoms with E-state index in [1.54, 1.807) is 25.1 Å². The van der Waals surface area contributed by atoms with Crippen molar-refractivity contribution in [1.82, 2.24) is 9.97 Å². The SMILES string of the molecule is CCOC(=O)CCO/N=C1\c2cc(O)ccc2-c2ncnc(N)c2C1(C)C.NC1CCCCC1. The number of anilines is 1. The highest BCUT2D eigenvalue weighted by Gasteiger charge is 2.40. The maximum absolute atomic E-state index is 11.5. The van der Waals surface area contributed by atoms with Gasteiger partial charge < -0.3 is 26.1 Å². The van der Waals surface area contributed by atoms with Crippen LogP contribution in [0.2, 0.25) is 0 Å². The number of nitrogens with zero attached hydrogens (tertiary/aromatic N) is 3. The van der Waals surface area contributed by atoms with Crippen LogP contribution in [0.1, 0.15) is 70.4 Å². The fraction of sp³-hybridized carbons (Fsp3) is 0.520. The van der Waals surface area contributed by atoms with Crippen molar-refractivity contribution in [2.24, 2.45) is 10.9 Å². The molecule has 4 rings (SSSR count). The Morgan fingerprint density at radius 2 is 1.94 bits per heavy atom. The van der Waals surface area contributed by atoms with Crippen LogP contribution in [-0.2, 0) is 19.8 Å². The normalized spacial score (nSPS) is 17.7. The van der Waals surface area contributed by atoms with Gasteiger partial charge in [0.1, 0.15) is 24.5 Å². The van der Waals surface area contributed by atoms with Crippen LogP contribution in [0.5, 0.6) is 5.75 Å². The number of carbonyl (C=O) groups excluding carboxylic acids is 1. The van der Waals surface area contributed by atoms with Crippen LogP contribution < -0.4 is 11.5 Å². The summed E-state index contributed by atoms with van der Waals surface area (Å²) >= 11 is 0. The van der Waals surface area contributed by atoms with E-state index in [4.69, 9.17) is 21.0 Å². The first-order chi connectivity index (χ1) is 16.3. The summed E-state index contributed by atoms with van der Waals surface area (Å²) in [6.45, 7) is 6.03. The summed E-state index contributed by atoms with van der Waals surface area (Å²) in [5, 5.41) is 14.2. The molecule has 1 heterocycles. The number of nitrogen functional groups attached to an aromatic ring is 1. The number of carbonyl (C=O) groups is 1. The number of aromatic hydroxyl groups is 1. The first kappa shape index (κ1) is 25.4. The maximum Gasteiger partial charge on any atom is 0.309 e. The second kappa shape index (κ2) is 11.3. The van der Waals surface area contributed by atoms with Crippen molar-refractivity contribution < 1.29 is 19.5 Å². The topological polar surface area (TPSA) is 146 Å². The Balaban J connectivity index is 0.000000396. The van der Waals surface area contributed by atoms with Gasteiger partial charge in [-0.25, -0.2) is 9.97 Å². The second-order valence-electron chi connectivity index (χ2n) is 9.06. The highest BCUT2D eigenvalue weighted by atomic mass is 16.6. The standard InChI is InChI=1S/C19H22N4O4.C6H13N/c1-4-26-14(25)7-8-27-23-17-13-9-11(24)5-6-12(13)16-15(19(17,2)3)18(20)22-10-21-16;7-6-4-2-1-3-5-6/h5-6,9-10,24H,4,7-8H2,1-3H3,(H2,20,21,22);6H,1-5,7H2/b23-17+;. The summed E-state index contributed by atoms with van der Waals surface area (Å²) in [6, 6.07) is 5.50. The van der Waals surface area contributed by atoms with Gasteiger partial charge in [-0.3, -0.25) is 4.79 Å². The molecule has 34 heavy (non-hydrogen) atoms. The van der Waals surface area contributed by atoms with Gasteiger partial charge in [-0.05, 0) is 51.8 Å². The van der Waals surface area contributed by atoms with Crippen LogP contribution in [0.15, 0.2) is 29.7 Å². The van der Waals surface area contributed by atoms with Gasteiger partial charge in [-0.2, -0.15) is 0 Å². The number of fused-ring (bicyclic) bond motifs is 3. The molecule has 0 spiro atoms. The van der Waals surface area contributed by atoms with Crippen LogP contribution in [-0.4, -0.2) is 46.0 Å². The van der Waals surface area contributed by atoms with E-state index in [1.165, 1.54) is 38.4 Å². The van der Waals surface area contributed by atoms with E-state index in [0.29, 0.717) is 35.4 Å². The molecule has 1 saturated carbocycles. The molecular formula is C25H35N5O4. The van der Waals surface area contributed by atoms with E-state index in [0.717, 1.165) is 11.1 Å². The molecule has 1 aromatic carbocycles. The Hall–Kier alpha value is -3.20. The summed E-state index contributed by atoms with van der Waals surface area (Å²) in [4.78, 5) is 25.4. The van der Waals surface area contributed by atoms with Crippen molar-refractivity contribution in [1.29, 1.82) is 0 Å². The third kappa shape index (κ3) is 5.83. The average molecular weight is 470 g/mol. The van der Waals surface area contributed by atoms with Gasteiger partial charge in [0.2, 0.25) is 0 Å². The predicted molar refractivity (Wildman–Crippen MR) is 131 cm³/mol. The molecule has 9 nitrogen and oxygen atoms in total. The monoisotopic (exact) mass is 469 g/mol. The van der Waals surface area contributed by atoms with Crippen molar-refractivity contribution in [3.05, 3.63) is 35.7 Å². The van der Waals surface area contributed by atoms with E-state index in [-0.39, 0.29) is 24.7 Å². The van der Waals surface area contributed by atoms with Crippen molar-refractivity contribution in [2.45, 2.75) is 70.8 Å². The van der Waals surface area contributed by atoms with Gasteiger partial charge in [0.05, 0.1) is 24.4 Å². The zero-order chi connectivity index (χ0) is 24.7. The van der Waals surface area contributed by atoms with Gasteiger partial charge in [-0.1, -0.05) is 24.4 Å². The number of esters is 1. The molecule has 0 saturated heterocycles. The van der Waals surface area contributed by atoms with Gasteiger partial charge in [0.15, 0.2) is 0 Å². The van der Waals surface area contributed by atoms with Crippen LogP contribution in [0, 0.1) is 0 Å². The number of ether oxygens (including phenoxy) is 1. The summed E-state index contributed by atoms with van der Waals surface area (Å²) in [7, 11) is 0. The average Bonchev–Trinajstić information content (AvgIpc) is 2.79. The molecule has 0 unspecified atom stereocenters. The molecule has 0 amide bonds. The summed E-state index contributed by atoms with van der Waals surface area (Å²) in [5.74, 6) is 0.124. The highest BCUT2D eigenvalue weighted by Crippen LogP contribution is 2.45. The van der Waals surface area contributed by atoms with Gasteiger partial charge in [0, 0.05) is 28.1 Å². The van der Waals surface area contributed by atoms with E-state index in [9.17, 15) is 9.90 Å². The fourth-order valence-electron chi connectivity index (χ4n) is 4.38. The lowest BCUT2D eigenvalue weighted by Crippen LogP contribution is -2.36. The van der Waals surface area contributed by atoms with Crippen LogP contribution in [0.25, 0.3) is 11.3 Å². The van der Waals surface area contributed by atoms with Crippen LogP contribution in [0.4, 0.5) is 5.82 Å². The van der Waals surface area contributed by atoms with Gasteiger partial charge in [0.25, 0.3) is 0 Å². The smallest absolute Gasteiger partial charge is 0.309 e. The largest absolute Gasteiger partial charge is 0.508 e. The first-order valence-electron chi connectivity index (χ1n) is 11.8. The van der Waals surface area contributed by atoms with Gasteiger partial charge in [-0.15, -0.1) is 0 Å². The van der Waals surface area contributed by atoms with Crippen LogP contribution >= 0.6 is 0 Å². The summed E-state index contributed by atoms with van der Waals surface area (Å²) in [5.41, 5.74) is 14.6. The summed E-state index contributed by atoms with van der Waals surface area (Å²) in [6.07, 6.45) is 8.18. The van der Waals surface area contributed by atoms with E-state index < -0.39 is 5.41 Å². The Labute approximate surface area is 200 Å². The molecule has 2 aliphatic carbocycles. The lowest BCUT2D eigenvalue weighted by molar-refractivity contribution is -0.144. The predicted octanol–water partition coefficient (Wildman–Crippen LogP) is 3.67. The number of benzene rings is 1. The molecule has 0 bridgehead atoms. The minimum atomic E-state index is -0.661. The molecule has 0 aliphatic heterocycles. The Bertz CT molecular complexity index is 1030. The molecular weight excluding hydrogens is 434 g/mol. The minimum absolute atomic E-state index is 0.0835. The number of nitrogens with two attached hydrogens (primary N) is 2. The van der Waals surface area contributed by atoms with E-state index in [1.807, 2.05) is 13.8 Å². The number of rotatable bonds is 5. The third-order valence-electron chi connectivity index (χ3n) is 6.12. The molecule has 0 atom stereocenters. The van der Waals surface area contributed by atoms with Crippen molar-refractivity contribution in [3.63, 3.8) is 0 Å². The molecule has 0 radical (unpaired) electrons. The lowest BCUT2D eigenvalue weighted by atomic mass is 9.70. The zero-order valence-corrected chi connectivity index (χ0v) is 20.2. The van der Waals surface area contributed by atoms with Crippen molar-refractivity contribution in [2.75, 3.05) is 18.9 Å². The third-order valence-corrected chi connectivity index (χ3v) is 6.12. The molecule has 1 fully saturated rings. The molecule has 5 N–H and O–H groups in total. The van der Waals surface area contributed by atoms with Crippen molar-refractivity contribution >= 4 is 17.5 Å². The fourth-order valence-corrected chi connectivity index (χ4v) is 4.38. The Kier molecular flexibility index (Phi) is 8.44. The van der Waals surface area contributed by atoms with Crippen LogP contribution in [0.3, 0.4) is 0 Å². The number of hydrogen-bond donors (Lipinski definition) is 3.